The number of piperidine rings is 1. The van der Waals surface area contributed by atoms with Crippen molar-refractivity contribution in [1.82, 2.24) is 4.90 Å². The Bertz CT molecular complexity index is 1280. The molecule has 1 aliphatic heterocycles. The minimum Gasteiger partial charge on any atom is -0.470 e. The Morgan fingerprint density at radius 1 is 0.949 bits per heavy atom. The molecule has 1 fully saturated rings. The number of hydrogen-bond acceptors (Lipinski definition) is 6. The molecule has 39 heavy (non-hydrogen) atoms. The average molecular weight is 551 g/mol. The van der Waals surface area contributed by atoms with Crippen LogP contribution in [0.5, 0.6) is 5.75 Å². The minimum atomic E-state index is -0.633. The van der Waals surface area contributed by atoms with Gasteiger partial charge in [-0.05, 0) is 60.7 Å². The normalized spacial score (nSPS) is 14.9. The summed E-state index contributed by atoms with van der Waals surface area (Å²) in [5.41, 5.74) is 2.77. The van der Waals surface area contributed by atoms with Gasteiger partial charge >= 0.3 is 5.97 Å². The summed E-state index contributed by atoms with van der Waals surface area (Å²) in [7, 11) is 1.24. The zero-order valence-corrected chi connectivity index (χ0v) is 22.5. The zero-order chi connectivity index (χ0) is 27.6. The lowest BCUT2D eigenvalue weighted by Crippen LogP contribution is -2.48. The van der Waals surface area contributed by atoms with Crippen LogP contribution in [0, 0.1) is 0 Å². The van der Waals surface area contributed by atoms with Crippen molar-refractivity contribution in [3.63, 3.8) is 0 Å². The second-order valence-electron chi connectivity index (χ2n) is 9.18. The minimum absolute atomic E-state index is 0.121. The number of anilines is 1. The number of methoxy groups -OCH3 is 1. The molecule has 9 heteroatoms. The molecular formula is C30H31ClN2O6. The molecule has 1 heterocycles. The van der Waals surface area contributed by atoms with Crippen LogP contribution in [0.15, 0.2) is 72.8 Å². The molecule has 1 aliphatic rings. The third kappa shape index (κ3) is 8.05. The van der Waals surface area contributed by atoms with E-state index in [0.717, 1.165) is 19.3 Å². The predicted octanol–water partition coefficient (Wildman–Crippen LogP) is 5.09. The predicted molar refractivity (Wildman–Crippen MR) is 148 cm³/mol. The number of carbonyl (C=O) groups is 3. The van der Waals surface area contributed by atoms with E-state index in [2.05, 4.69) is 17.4 Å². The number of ether oxygens (including phenoxy) is 3. The molecule has 0 saturated carbocycles. The molecule has 1 atom stereocenters. The van der Waals surface area contributed by atoms with Crippen LogP contribution >= 0.6 is 11.6 Å². The SMILES string of the molecule is COC(=O)c1cc(Cl)ccc1NC(=O)COCC(=O)N1CCCCC1Oc1ccc(Cc2ccccc2)cc1. The first-order valence-electron chi connectivity index (χ1n) is 12.8. The van der Waals surface area contributed by atoms with Crippen molar-refractivity contribution in [2.24, 2.45) is 0 Å². The molecule has 2 amide bonds. The first-order chi connectivity index (χ1) is 18.9. The highest BCUT2D eigenvalue weighted by Crippen LogP contribution is 2.24. The molecule has 0 aromatic heterocycles. The molecule has 0 bridgehead atoms. The number of nitrogens with one attached hydrogen (secondary N) is 1. The summed E-state index contributed by atoms with van der Waals surface area (Å²) >= 11 is 5.95. The summed E-state index contributed by atoms with van der Waals surface area (Å²) in [6.45, 7) is -0.0800. The number of nitrogens with zero attached hydrogens (tertiary/aromatic N) is 1. The van der Waals surface area contributed by atoms with E-state index in [4.69, 9.17) is 25.8 Å². The highest BCUT2D eigenvalue weighted by atomic mass is 35.5. The van der Waals surface area contributed by atoms with E-state index in [1.165, 1.54) is 30.4 Å². The molecule has 4 rings (SSSR count). The van der Waals surface area contributed by atoms with Crippen molar-refractivity contribution >= 4 is 35.1 Å². The van der Waals surface area contributed by atoms with Crippen LogP contribution in [-0.2, 0) is 25.5 Å². The number of carbonyl (C=O) groups excluding carboxylic acids is 3. The van der Waals surface area contributed by atoms with Gasteiger partial charge in [0.25, 0.3) is 5.91 Å². The molecule has 1 saturated heterocycles. The van der Waals surface area contributed by atoms with E-state index >= 15 is 0 Å². The maximum Gasteiger partial charge on any atom is 0.340 e. The molecule has 8 nitrogen and oxygen atoms in total. The summed E-state index contributed by atoms with van der Waals surface area (Å²) in [4.78, 5) is 39.0. The molecular weight excluding hydrogens is 520 g/mol. The third-order valence-electron chi connectivity index (χ3n) is 6.33. The van der Waals surface area contributed by atoms with Crippen molar-refractivity contribution in [2.75, 3.05) is 32.2 Å². The average Bonchev–Trinajstić information content (AvgIpc) is 2.95. The van der Waals surface area contributed by atoms with Gasteiger partial charge in [0.1, 0.15) is 19.0 Å². The second-order valence-corrected chi connectivity index (χ2v) is 9.62. The highest BCUT2D eigenvalue weighted by molar-refractivity contribution is 6.31. The molecule has 0 radical (unpaired) electrons. The molecule has 204 valence electrons. The largest absolute Gasteiger partial charge is 0.470 e. The summed E-state index contributed by atoms with van der Waals surface area (Å²) in [6.07, 6.45) is 2.97. The van der Waals surface area contributed by atoms with Gasteiger partial charge in [-0.3, -0.25) is 9.59 Å². The third-order valence-corrected chi connectivity index (χ3v) is 6.57. The van der Waals surface area contributed by atoms with Gasteiger partial charge < -0.3 is 24.4 Å². The van der Waals surface area contributed by atoms with E-state index in [1.807, 2.05) is 42.5 Å². The van der Waals surface area contributed by atoms with Crippen molar-refractivity contribution in [1.29, 1.82) is 0 Å². The van der Waals surface area contributed by atoms with E-state index in [9.17, 15) is 14.4 Å². The first kappa shape index (κ1) is 28.1. The fraction of sp³-hybridized carbons (Fsp3) is 0.300. The number of halogens is 1. The number of likely N-dealkylation sites (tertiary alicyclic amines) is 1. The molecule has 0 aliphatic carbocycles. The summed E-state index contributed by atoms with van der Waals surface area (Å²) < 4.78 is 16.3. The van der Waals surface area contributed by atoms with Crippen molar-refractivity contribution in [3.8, 4) is 5.75 Å². The van der Waals surface area contributed by atoms with Gasteiger partial charge in [0.15, 0.2) is 6.23 Å². The topological polar surface area (TPSA) is 94.2 Å². The molecule has 3 aromatic rings. The van der Waals surface area contributed by atoms with Crippen LogP contribution in [0.2, 0.25) is 5.02 Å². The molecule has 1 unspecified atom stereocenters. The van der Waals surface area contributed by atoms with Gasteiger partial charge in [0.05, 0.1) is 18.4 Å². The summed E-state index contributed by atoms with van der Waals surface area (Å²) in [5.74, 6) is -0.709. The smallest absolute Gasteiger partial charge is 0.340 e. The maximum atomic E-state index is 12.9. The van der Waals surface area contributed by atoms with Gasteiger partial charge in [-0.2, -0.15) is 0 Å². The van der Waals surface area contributed by atoms with Crippen LogP contribution in [0.4, 0.5) is 5.69 Å². The lowest BCUT2D eigenvalue weighted by molar-refractivity contribution is -0.147. The van der Waals surface area contributed by atoms with Gasteiger partial charge in [0.2, 0.25) is 5.91 Å². The van der Waals surface area contributed by atoms with Gasteiger partial charge in [-0.25, -0.2) is 4.79 Å². The van der Waals surface area contributed by atoms with Gasteiger partial charge in [-0.1, -0.05) is 54.1 Å². The van der Waals surface area contributed by atoms with Gasteiger partial charge in [0, 0.05) is 18.0 Å². The van der Waals surface area contributed by atoms with E-state index < -0.39 is 18.1 Å². The fourth-order valence-electron chi connectivity index (χ4n) is 4.39. The quantitative estimate of drug-likeness (QED) is 0.353. The van der Waals surface area contributed by atoms with Crippen LogP contribution in [-0.4, -0.2) is 55.8 Å². The fourth-order valence-corrected chi connectivity index (χ4v) is 4.56. The summed E-state index contributed by atoms with van der Waals surface area (Å²) in [5, 5.41) is 2.92. The Balaban J connectivity index is 1.27. The van der Waals surface area contributed by atoms with Crippen LogP contribution in [0.1, 0.15) is 40.7 Å². The van der Waals surface area contributed by atoms with Crippen molar-refractivity contribution in [2.45, 2.75) is 31.9 Å². The van der Waals surface area contributed by atoms with Crippen LogP contribution < -0.4 is 10.1 Å². The molecule has 1 N–H and O–H groups in total. The Hall–Kier alpha value is -3.88. The van der Waals surface area contributed by atoms with E-state index in [0.29, 0.717) is 23.7 Å². The Morgan fingerprint density at radius 2 is 1.69 bits per heavy atom. The van der Waals surface area contributed by atoms with Crippen LogP contribution in [0.25, 0.3) is 0 Å². The number of benzene rings is 3. The first-order valence-corrected chi connectivity index (χ1v) is 13.1. The zero-order valence-electron chi connectivity index (χ0n) is 21.7. The lowest BCUT2D eigenvalue weighted by atomic mass is 10.1. The Kier molecular flexibility index (Phi) is 9.94. The number of amides is 2. The number of hydrogen-bond donors (Lipinski definition) is 1. The van der Waals surface area contributed by atoms with Crippen molar-refractivity contribution < 1.29 is 28.6 Å². The second kappa shape index (κ2) is 13.8. The van der Waals surface area contributed by atoms with E-state index in [1.54, 1.807) is 11.0 Å². The maximum absolute atomic E-state index is 12.9. The van der Waals surface area contributed by atoms with Crippen LogP contribution in [0.3, 0.4) is 0 Å². The Morgan fingerprint density at radius 3 is 2.44 bits per heavy atom. The monoisotopic (exact) mass is 550 g/mol. The van der Waals surface area contributed by atoms with E-state index in [-0.39, 0.29) is 30.4 Å². The highest BCUT2D eigenvalue weighted by Gasteiger charge is 2.28. The molecule has 0 spiro atoms. The van der Waals surface area contributed by atoms with Crippen molar-refractivity contribution in [3.05, 3.63) is 94.5 Å². The number of rotatable bonds is 10. The lowest BCUT2D eigenvalue weighted by Gasteiger charge is -2.35. The summed E-state index contributed by atoms with van der Waals surface area (Å²) in [6, 6.07) is 22.6. The molecule has 3 aromatic carbocycles. The number of esters is 1. The Labute approximate surface area is 232 Å². The standard InChI is InChI=1S/C30H31ClN2O6/c1-37-30(36)25-18-23(31)12-15-26(25)32-27(34)19-38-20-28(35)33-16-6-5-9-29(33)39-24-13-10-22(11-14-24)17-21-7-3-2-4-8-21/h2-4,7-8,10-15,18,29H,5-6,9,16-17,19-20H2,1H3,(H,32,34). The van der Waals surface area contributed by atoms with Gasteiger partial charge in [-0.15, -0.1) is 0 Å².